The van der Waals surface area contributed by atoms with Crippen LogP contribution < -0.4 is 9.64 Å². The molecule has 0 saturated carbocycles. The lowest BCUT2D eigenvalue weighted by Gasteiger charge is -2.20. The minimum Gasteiger partial charge on any atom is -0.482 e. The van der Waals surface area contributed by atoms with Gasteiger partial charge in [-0.05, 0) is 42.0 Å². The number of ether oxygens (including phenoxy) is 1. The zero-order valence-corrected chi connectivity index (χ0v) is 17.2. The predicted molar refractivity (Wildman–Crippen MR) is 112 cm³/mol. The van der Waals surface area contributed by atoms with Crippen LogP contribution in [0.15, 0.2) is 47.4 Å². The molecule has 5 nitrogen and oxygen atoms in total. The predicted octanol–water partition coefficient (Wildman–Crippen LogP) is 5.23. The molecule has 0 radical (unpaired) electrons. The van der Waals surface area contributed by atoms with Gasteiger partial charge >= 0.3 is 12.1 Å². The molecule has 30 heavy (non-hydrogen) atoms. The highest BCUT2D eigenvalue weighted by molar-refractivity contribution is 8.27. The highest BCUT2D eigenvalue weighted by Gasteiger charge is 2.41. The number of aliphatic carboxylic acids is 1. The first kappa shape index (κ1) is 22.1. The molecule has 1 N–H and O–H groups in total. The molecule has 1 aliphatic rings. The summed E-state index contributed by atoms with van der Waals surface area (Å²) in [5.74, 6) is -1.50. The summed E-state index contributed by atoms with van der Waals surface area (Å²) in [5, 5.41) is 8.49. The number of thioether (sulfide) groups is 1. The van der Waals surface area contributed by atoms with Crippen LogP contribution in [0, 0.1) is 0 Å². The normalized spacial score (nSPS) is 15.7. The Labute approximate surface area is 183 Å². The van der Waals surface area contributed by atoms with Crippen molar-refractivity contribution in [1.82, 2.24) is 0 Å². The van der Waals surface area contributed by atoms with E-state index in [-0.39, 0.29) is 14.2 Å². The molecule has 1 heterocycles. The number of carboxylic acid groups (broad SMARTS) is 1. The maximum Gasteiger partial charge on any atom is 0.418 e. The Hall–Kier alpha value is -2.56. The third kappa shape index (κ3) is 4.94. The van der Waals surface area contributed by atoms with E-state index < -0.39 is 35.9 Å². The molecule has 0 bridgehead atoms. The van der Waals surface area contributed by atoms with Gasteiger partial charge in [0.2, 0.25) is 0 Å². The standard InChI is InChI=1S/C19H11ClF3NO4S2/c20-11-3-6-14(13(8-11)19(21,22)23)24-17(27)15(30-18(24)29)7-10-1-4-12(5-2-10)28-9-16(25)26/h1-8H,9H2,(H,25,26)/b15-7+. The molecule has 0 aliphatic carbocycles. The molecule has 0 atom stereocenters. The van der Waals surface area contributed by atoms with E-state index in [0.717, 1.165) is 28.8 Å². The largest absolute Gasteiger partial charge is 0.482 e. The second-order valence-corrected chi connectivity index (χ2v) is 8.04. The van der Waals surface area contributed by atoms with Gasteiger partial charge in [0.1, 0.15) is 5.75 Å². The summed E-state index contributed by atoms with van der Waals surface area (Å²) in [7, 11) is 0. The maximum atomic E-state index is 13.4. The van der Waals surface area contributed by atoms with Crippen LogP contribution in [-0.4, -0.2) is 27.9 Å². The van der Waals surface area contributed by atoms with E-state index in [1.165, 1.54) is 24.3 Å². The van der Waals surface area contributed by atoms with Crippen LogP contribution in [0.25, 0.3) is 6.08 Å². The Morgan fingerprint density at radius 1 is 1.23 bits per heavy atom. The van der Waals surface area contributed by atoms with Crippen molar-refractivity contribution in [3.05, 3.63) is 63.5 Å². The van der Waals surface area contributed by atoms with E-state index in [4.69, 9.17) is 33.7 Å². The zero-order valence-electron chi connectivity index (χ0n) is 14.8. The van der Waals surface area contributed by atoms with Crippen molar-refractivity contribution in [1.29, 1.82) is 0 Å². The summed E-state index contributed by atoms with van der Waals surface area (Å²) in [5.41, 5.74) is -0.895. The number of alkyl halides is 3. The lowest BCUT2D eigenvalue weighted by Crippen LogP contribution is -2.29. The smallest absolute Gasteiger partial charge is 0.418 e. The molecular formula is C19H11ClF3NO4S2. The van der Waals surface area contributed by atoms with Crippen LogP contribution in [0.4, 0.5) is 18.9 Å². The number of amides is 1. The highest BCUT2D eigenvalue weighted by atomic mass is 35.5. The number of thiocarbonyl (C=S) groups is 1. The first-order chi connectivity index (χ1) is 14.1. The van der Waals surface area contributed by atoms with E-state index in [9.17, 15) is 22.8 Å². The Bertz CT molecular complexity index is 1050. The third-order valence-electron chi connectivity index (χ3n) is 3.84. The van der Waals surface area contributed by atoms with E-state index in [1.807, 2.05) is 0 Å². The van der Waals surface area contributed by atoms with Gasteiger partial charge < -0.3 is 9.84 Å². The first-order valence-corrected chi connectivity index (χ1v) is 9.76. The van der Waals surface area contributed by atoms with Gasteiger partial charge in [0.25, 0.3) is 5.91 Å². The first-order valence-electron chi connectivity index (χ1n) is 8.15. The minimum absolute atomic E-state index is 0.0412. The molecular weight excluding hydrogens is 463 g/mol. The Morgan fingerprint density at radius 3 is 2.50 bits per heavy atom. The van der Waals surface area contributed by atoms with Crippen LogP contribution in [0.3, 0.4) is 0 Å². The van der Waals surface area contributed by atoms with Crippen molar-refractivity contribution in [2.24, 2.45) is 0 Å². The Balaban J connectivity index is 1.88. The lowest BCUT2D eigenvalue weighted by molar-refractivity contribution is -0.139. The van der Waals surface area contributed by atoms with Crippen LogP contribution in [0.2, 0.25) is 5.02 Å². The number of hydrogen-bond donors (Lipinski definition) is 1. The molecule has 2 aromatic rings. The summed E-state index contributed by atoms with van der Waals surface area (Å²) in [6.45, 7) is -0.499. The monoisotopic (exact) mass is 473 g/mol. The SMILES string of the molecule is O=C(O)COc1ccc(/C=C2/SC(=S)N(c3ccc(Cl)cc3C(F)(F)F)C2=O)cc1. The van der Waals surface area contributed by atoms with Crippen molar-refractivity contribution in [2.75, 3.05) is 11.5 Å². The molecule has 0 spiro atoms. The van der Waals surface area contributed by atoms with Gasteiger partial charge in [-0.2, -0.15) is 13.2 Å². The Kier molecular flexibility index (Phi) is 6.39. The van der Waals surface area contributed by atoms with Gasteiger partial charge in [0.15, 0.2) is 10.9 Å². The van der Waals surface area contributed by atoms with Gasteiger partial charge in [-0.15, -0.1) is 0 Å². The summed E-state index contributed by atoms with van der Waals surface area (Å²) in [6.07, 6.45) is -3.25. The number of carbonyl (C=O) groups excluding carboxylic acids is 1. The van der Waals surface area contributed by atoms with Gasteiger partial charge in [0.05, 0.1) is 16.2 Å². The molecule has 0 unspecified atom stereocenters. The molecule has 1 fully saturated rings. The van der Waals surface area contributed by atoms with Gasteiger partial charge in [-0.3, -0.25) is 9.69 Å². The molecule has 2 aromatic carbocycles. The fourth-order valence-electron chi connectivity index (χ4n) is 2.56. The number of anilines is 1. The van der Waals surface area contributed by atoms with Crippen molar-refractivity contribution in [2.45, 2.75) is 6.18 Å². The highest BCUT2D eigenvalue weighted by Crippen LogP contribution is 2.43. The summed E-state index contributed by atoms with van der Waals surface area (Å²) < 4.78 is 45.2. The topological polar surface area (TPSA) is 66.8 Å². The van der Waals surface area contributed by atoms with Crippen molar-refractivity contribution >= 4 is 63.5 Å². The summed E-state index contributed by atoms with van der Waals surface area (Å²) >= 11 is 11.7. The molecule has 0 aromatic heterocycles. The van der Waals surface area contributed by atoms with Gasteiger partial charge in [-0.1, -0.05) is 47.7 Å². The quantitative estimate of drug-likeness (QED) is 0.474. The molecule has 3 rings (SSSR count). The average molecular weight is 474 g/mol. The van der Waals surface area contributed by atoms with Crippen molar-refractivity contribution in [3.63, 3.8) is 0 Å². The van der Waals surface area contributed by atoms with E-state index in [1.54, 1.807) is 12.1 Å². The molecule has 1 amide bonds. The minimum atomic E-state index is -4.72. The molecule has 1 saturated heterocycles. The Morgan fingerprint density at radius 2 is 1.90 bits per heavy atom. The molecule has 156 valence electrons. The summed E-state index contributed by atoms with van der Waals surface area (Å²) in [6, 6.07) is 9.28. The third-order valence-corrected chi connectivity index (χ3v) is 5.38. The van der Waals surface area contributed by atoms with Gasteiger partial charge in [0, 0.05) is 5.02 Å². The average Bonchev–Trinajstić information content (AvgIpc) is 2.94. The fourth-order valence-corrected chi connectivity index (χ4v) is 4.02. The molecule has 1 aliphatic heterocycles. The van der Waals surface area contributed by atoms with E-state index in [0.29, 0.717) is 11.3 Å². The number of carbonyl (C=O) groups is 2. The number of benzene rings is 2. The second kappa shape index (κ2) is 8.66. The van der Waals surface area contributed by atoms with Crippen LogP contribution in [-0.2, 0) is 15.8 Å². The van der Waals surface area contributed by atoms with E-state index >= 15 is 0 Å². The second-order valence-electron chi connectivity index (χ2n) is 5.93. The van der Waals surface area contributed by atoms with E-state index in [2.05, 4.69) is 0 Å². The summed E-state index contributed by atoms with van der Waals surface area (Å²) in [4.78, 5) is 24.3. The lowest BCUT2D eigenvalue weighted by atomic mass is 10.1. The van der Waals surface area contributed by atoms with Gasteiger partial charge in [-0.25, -0.2) is 4.79 Å². The van der Waals surface area contributed by atoms with Crippen molar-refractivity contribution in [3.8, 4) is 5.75 Å². The van der Waals surface area contributed by atoms with Crippen LogP contribution in [0.5, 0.6) is 5.75 Å². The zero-order chi connectivity index (χ0) is 22.1. The number of nitrogens with zero attached hydrogens (tertiary/aromatic N) is 1. The van der Waals surface area contributed by atoms with Crippen LogP contribution in [0.1, 0.15) is 11.1 Å². The molecule has 11 heteroatoms. The van der Waals surface area contributed by atoms with Crippen LogP contribution >= 0.6 is 35.6 Å². The maximum absolute atomic E-state index is 13.4. The van der Waals surface area contributed by atoms with Crippen molar-refractivity contribution < 1.29 is 32.6 Å². The fraction of sp³-hybridized carbons (Fsp3) is 0.105. The number of hydrogen-bond acceptors (Lipinski definition) is 5. The number of halogens is 4. The number of carboxylic acids is 1. The number of rotatable bonds is 5.